The van der Waals surface area contributed by atoms with Crippen LogP contribution in [0, 0.1) is 0 Å². The number of rotatable bonds is 4. The van der Waals surface area contributed by atoms with Gasteiger partial charge in [-0.3, -0.25) is 0 Å². The Kier molecular flexibility index (Phi) is 3.33. The zero-order chi connectivity index (χ0) is 10.7. The van der Waals surface area contributed by atoms with Crippen LogP contribution in [0.3, 0.4) is 0 Å². The zero-order valence-corrected chi connectivity index (χ0v) is 8.98. The topological polar surface area (TPSA) is 74.2 Å². The van der Waals surface area contributed by atoms with Gasteiger partial charge in [0.15, 0.2) is 5.82 Å². The second-order valence-corrected chi connectivity index (χ2v) is 3.98. The fourth-order valence-corrected chi connectivity index (χ4v) is 1.62. The van der Waals surface area contributed by atoms with E-state index in [0.29, 0.717) is 24.8 Å². The first-order valence-electron chi connectivity index (χ1n) is 5.45. The van der Waals surface area contributed by atoms with Crippen LogP contribution in [0.1, 0.15) is 37.4 Å². The maximum absolute atomic E-state index is 5.82. The molecule has 5 heteroatoms. The van der Waals surface area contributed by atoms with Crippen LogP contribution < -0.4 is 5.73 Å². The van der Waals surface area contributed by atoms with Crippen molar-refractivity contribution >= 4 is 0 Å². The van der Waals surface area contributed by atoms with E-state index < -0.39 is 0 Å². The third-order valence-electron chi connectivity index (χ3n) is 2.74. The summed E-state index contributed by atoms with van der Waals surface area (Å²) in [7, 11) is 0. The molecule has 1 aliphatic rings. The van der Waals surface area contributed by atoms with Gasteiger partial charge < -0.3 is 15.0 Å². The van der Waals surface area contributed by atoms with Crippen molar-refractivity contribution in [2.75, 3.05) is 13.2 Å². The molecule has 2 N–H and O–H groups in total. The molecule has 0 aliphatic carbocycles. The van der Waals surface area contributed by atoms with E-state index >= 15 is 0 Å². The molecule has 0 saturated carbocycles. The highest BCUT2D eigenvalue weighted by atomic mass is 16.5. The number of nitrogens with zero attached hydrogens (tertiary/aromatic N) is 2. The van der Waals surface area contributed by atoms with E-state index in [1.54, 1.807) is 0 Å². The highest BCUT2D eigenvalue weighted by Gasteiger charge is 2.23. The van der Waals surface area contributed by atoms with E-state index in [2.05, 4.69) is 10.1 Å². The average molecular weight is 211 g/mol. The summed E-state index contributed by atoms with van der Waals surface area (Å²) in [4.78, 5) is 4.34. The maximum Gasteiger partial charge on any atom is 0.228 e. The van der Waals surface area contributed by atoms with E-state index in [1.165, 1.54) is 0 Å². The van der Waals surface area contributed by atoms with Gasteiger partial charge in [-0.05, 0) is 12.8 Å². The fraction of sp³-hybridized carbons (Fsp3) is 0.800. The van der Waals surface area contributed by atoms with Crippen LogP contribution in [-0.4, -0.2) is 29.4 Å². The first-order chi connectivity index (χ1) is 7.29. The fourth-order valence-electron chi connectivity index (χ4n) is 1.62. The van der Waals surface area contributed by atoms with Crippen LogP contribution in [0.15, 0.2) is 4.52 Å². The summed E-state index contributed by atoms with van der Waals surface area (Å²) in [6.45, 7) is 3.55. The molecular formula is C10H17N3O2. The summed E-state index contributed by atoms with van der Waals surface area (Å²) < 4.78 is 10.4. The van der Waals surface area contributed by atoms with Crippen LogP contribution in [0.5, 0.6) is 0 Å². The van der Waals surface area contributed by atoms with Crippen molar-refractivity contribution in [2.45, 2.75) is 38.1 Å². The van der Waals surface area contributed by atoms with E-state index in [0.717, 1.165) is 25.3 Å². The molecule has 15 heavy (non-hydrogen) atoms. The Morgan fingerprint density at radius 1 is 1.60 bits per heavy atom. The molecule has 1 saturated heterocycles. The van der Waals surface area contributed by atoms with Gasteiger partial charge >= 0.3 is 0 Å². The molecule has 5 nitrogen and oxygen atoms in total. The number of aromatic nitrogens is 2. The molecule has 0 spiro atoms. The van der Waals surface area contributed by atoms with Gasteiger partial charge in [0.1, 0.15) is 0 Å². The molecule has 0 radical (unpaired) electrons. The van der Waals surface area contributed by atoms with E-state index in [-0.39, 0.29) is 6.04 Å². The molecule has 0 amide bonds. The van der Waals surface area contributed by atoms with Gasteiger partial charge in [0.25, 0.3) is 0 Å². The van der Waals surface area contributed by atoms with Crippen LogP contribution in [0.2, 0.25) is 0 Å². The molecule has 2 heterocycles. The first-order valence-corrected chi connectivity index (χ1v) is 5.45. The first kappa shape index (κ1) is 10.6. The quantitative estimate of drug-likeness (QED) is 0.799. The van der Waals surface area contributed by atoms with Crippen LogP contribution in [-0.2, 0) is 11.2 Å². The highest BCUT2D eigenvalue weighted by molar-refractivity contribution is 4.98. The lowest BCUT2D eigenvalue weighted by atomic mass is 10.1. The molecular weight excluding hydrogens is 194 g/mol. The predicted octanol–water partition coefficient (Wildman–Crippen LogP) is 0.853. The Bertz CT molecular complexity index is 307. The molecule has 1 aromatic heterocycles. The number of hydrogen-bond donors (Lipinski definition) is 1. The molecule has 2 atom stereocenters. The molecule has 2 unspecified atom stereocenters. The van der Waals surface area contributed by atoms with Gasteiger partial charge in [-0.15, -0.1) is 0 Å². The Labute approximate surface area is 89.0 Å². The molecule has 1 aromatic rings. The molecule has 0 aromatic carbocycles. The third-order valence-corrected chi connectivity index (χ3v) is 2.74. The minimum atomic E-state index is 0.109. The van der Waals surface area contributed by atoms with E-state index in [4.69, 9.17) is 15.0 Å². The van der Waals surface area contributed by atoms with Crippen LogP contribution >= 0.6 is 0 Å². The lowest BCUT2D eigenvalue weighted by molar-refractivity contribution is 0.192. The van der Waals surface area contributed by atoms with Crippen molar-refractivity contribution in [1.82, 2.24) is 10.1 Å². The van der Waals surface area contributed by atoms with Gasteiger partial charge in [-0.2, -0.15) is 4.98 Å². The van der Waals surface area contributed by atoms with Crippen molar-refractivity contribution < 1.29 is 9.26 Å². The van der Waals surface area contributed by atoms with Gasteiger partial charge in [0.05, 0.1) is 6.61 Å². The van der Waals surface area contributed by atoms with Gasteiger partial charge in [-0.25, -0.2) is 0 Å². The van der Waals surface area contributed by atoms with Crippen molar-refractivity contribution in [3.05, 3.63) is 11.7 Å². The monoisotopic (exact) mass is 211 g/mol. The summed E-state index contributed by atoms with van der Waals surface area (Å²) in [5, 5.41) is 3.96. The number of ether oxygens (including phenoxy) is 1. The Hall–Kier alpha value is -0.940. The van der Waals surface area contributed by atoms with Crippen LogP contribution in [0.25, 0.3) is 0 Å². The smallest absolute Gasteiger partial charge is 0.228 e. The summed E-state index contributed by atoms with van der Waals surface area (Å²) in [5.74, 6) is 1.72. The van der Waals surface area contributed by atoms with Crippen molar-refractivity contribution in [3.63, 3.8) is 0 Å². The number of nitrogens with two attached hydrogens (primary N) is 1. The third kappa shape index (κ3) is 2.54. The Morgan fingerprint density at radius 2 is 2.47 bits per heavy atom. The predicted molar refractivity (Wildman–Crippen MR) is 54.4 cm³/mol. The minimum absolute atomic E-state index is 0.109. The molecule has 84 valence electrons. The lowest BCUT2D eigenvalue weighted by Gasteiger charge is -2.02. The van der Waals surface area contributed by atoms with Crippen LogP contribution in [0.4, 0.5) is 0 Å². The largest absolute Gasteiger partial charge is 0.381 e. The summed E-state index contributed by atoms with van der Waals surface area (Å²) in [6.07, 6.45) is 2.57. The second kappa shape index (κ2) is 4.72. The van der Waals surface area contributed by atoms with Crippen molar-refractivity contribution in [2.24, 2.45) is 5.73 Å². The highest BCUT2D eigenvalue weighted by Crippen LogP contribution is 2.22. The van der Waals surface area contributed by atoms with Gasteiger partial charge in [0, 0.05) is 25.0 Å². The van der Waals surface area contributed by atoms with Gasteiger partial charge in [-0.1, -0.05) is 12.1 Å². The SMILES string of the molecule is CCC(N)Cc1nc(C2CCOC2)no1. The Balaban J connectivity index is 1.97. The summed E-state index contributed by atoms with van der Waals surface area (Å²) in [6, 6.07) is 0.109. The molecule has 0 bridgehead atoms. The molecule has 2 rings (SSSR count). The van der Waals surface area contributed by atoms with Crippen molar-refractivity contribution in [3.8, 4) is 0 Å². The maximum atomic E-state index is 5.82. The average Bonchev–Trinajstić information content (AvgIpc) is 2.85. The summed E-state index contributed by atoms with van der Waals surface area (Å²) >= 11 is 0. The van der Waals surface area contributed by atoms with E-state index in [1.807, 2.05) is 6.92 Å². The number of hydrogen-bond acceptors (Lipinski definition) is 5. The van der Waals surface area contributed by atoms with Gasteiger partial charge in [0.2, 0.25) is 5.89 Å². The molecule has 1 fully saturated rings. The standard InChI is InChI=1S/C10H17N3O2/c1-2-8(11)5-9-12-10(13-15-9)7-3-4-14-6-7/h7-8H,2-6,11H2,1H3. The molecule has 1 aliphatic heterocycles. The zero-order valence-electron chi connectivity index (χ0n) is 8.98. The second-order valence-electron chi connectivity index (χ2n) is 3.98. The minimum Gasteiger partial charge on any atom is -0.381 e. The lowest BCUT2D eigenvalue weighted by Crippen LogP contribution is -2.21. The normalized spacial score (nSPS) is 23.2. The van der Waals surface area contributed by atoms with E-state index in [9.17, 15) is 0 Å². The van der Waals surface area contributed by atoms with Crippen molar-refractivity contribution in [1.29, 1.82) is 0 Å². The summed E-state index contributed by atoms with van der Waals surface area (Å²) in [5.41, 5.74) is 5.82. The Morgan fingerprint density at radius 3 is 3.13 bits per heavy atom.